The highest BCUT2D eigenvalue weighted by Gasteiger charge is 2.36. The molecule has 3 aromatic rings. The highest BCUT2D eigenvalue weighted by molar-refractivity contribution is 7.59. The SMILES string of the molecule is CCOC(=O)c1sc2c(c1C)c(=O)n(C(C)(C)C(=O)O)c(=O)n2C[C@@H](OC(C)C)c1ccccc1.S. The summed E-state index contributed by atoms with van der Waals surface area (Å²) in [7, 11) is 0. The van der Waals surface area contributed by atoms with Crippen molar-refractivity contribution in [2.24, 2.45) is 0 Å². The van der Waals surface area contributed by atoms with E-state index in [-0.39, 0.29) is 47.8 Å². The van der Waals surface area contributed by atoms with Crippen LogP contribution in [0.5, 0.6) is 0 Å². The fourth-order valence-corrected chi connectivity index (χ4v) is 5.07. The van der Waals surface area contributed by atoms with Crippen LogP contribution in [-0.2, 0) is 26.4 Å². The number of ether oxygens (including phenoxy) is 2. The molecule has 36 heavy (non-hydrogen) atoms. The molecule has 0 amide bonds. The molecule has 0 saturated heterocycles. The van der Waals surface area contributed by atoms with Crippen molar-refractivity contribution in [2.45, 2.75) is 65.8 Å². The normalized spacial score (nSPS) is 12.4. The summed E-state index contributed by atoms with van der Waals surface area (Å²) < 4.78 is 13.3. The molecule has 0 unspecified atom stereocenters. The number of carboxylic acids is 1. The Labute approximate surface area is 219 Å². The first-order valence-corrected chi connectivity index (χ1v) is 12.1. The van der Waals surface area contributed by atoms with Gasteiger partial charge >= 0.3 is 17.6 Å². The molecule has 0 saturated carbocycles. The van der Waals surface area contributed by atoms with Crippen molar-refractivity contribution in [3.8, 4) is 0 Å². The number of aromatic nitrogens is 2. The van der Waals surface area contributed by atoms with Crippen LogP contribution >= 0.6 is 24.8 Å². The van der Waals surface area contributed by atoms with Crippen LogP contribution in [0.4, 0.5) is 0 Å². The Morgan fingerprint density at radius 3 is 2.28 bits per heavy atom. The standard InChI is InChI=1S/C25H30N2O7S.H2S/c1-7-33-22(29)19-15(4)18-20(28)27(25(5,6)23(30)31)24(32)26(21(18)35-19)13-17(34-14(2)3)16-11-9-8-10-12-16;/h8-12,14,17H,7,13H2,1-6H3,(H,30,31);1H2/t17-;/m1./s1. The van der Waals surface area contributed by atoms with Crippen LogP contribution in [0.2, 0.25) is 0 Å². The number of nitrogens with zero attached hydrogens (tertiary/aromatic N) is 2. The Hall–Kier alpha value is -2.89. The van der Waals surface area contributed by atoms with Crippen LogP contribution in [0, 0.1) is 6.92 Å². The minimum atomic E-state index is -1.83. The lowest BCUT2D eigenvalue weighted by atomic mass is 10.1. The lowest BCUT2D eigenvalue weighted by Gasteiger charge is -2.26. The van der Waals surface area contributed by atoms with Gasteiger partial charge in [-0.15, -0.1) is 11.3 Å². The summed E-state index contributed by atoms with van der Waals surface area (Å²) in [6.45, 7) is 9.76. The summed E-state index contributed by atoms with van der Waals surface area (Å²) in [6.07, 6.45) is -0.739. The molecule has 2 heterocycles. The maximum atomic E-state index is 13.7. The molecule has 2 aromatic heterocycles. The third-order valence-corrected chi connectivity index (χ3v) is 7.01. The molecule has 196 valence electrons. The topological polar surface area (TPSA) is 117 Å². The first-order chi connectivity index (χ1) is 16.4. The molecule has 1 atom stereocenters. The Kier molecular flexibility index (Phi) is 9.33. The zero-order valence-electron chi connectivity index (χ0n) is 21.2. The fourth-order valence-electron chi connectivity index (χ4n) is 3.88. The average Bonchev–Trinajstić information content (AvgIpc) is 3.13. The average molecular weight is 537 g/mol. The number of hydrogen-bond acceptors (Lipinski definition) is 7. The highest BCUT2D eigenvalue weighted by atomic mass is 32.1. The van der Waals surface area contributed by atoms with E-state index < -0.39 is 34.8 Å². The number of carbonyl (C=O) groups is 2. The van der Waals surface area contributed by atoms with Crippen molar-refractivity contribution in [1.82, 2.24) is 9.13 Å². The Morgan fingerprint density at radius 1 is 1.14 bits per heavy atom. The summed E-state index contributed by atoms with van der Waals surface area (Å²) in [6, 6.07) is 9.32. The van der Waals surface area contributed by atoms with Crippen molar-refractivity contribution < 1.29 is 24.2 Å². The van der Waals surface area contributed by atoms with E-state index in [1.807, 2.05) is 44.2 Å². The highest BCUT2D eigenvalue weighted by Crippen LogP contribution is 2.31. The molecule has 0 aliphatic rings. The lowest BCUT2D eigenvalue weighted by Crippen LogP contribution is -2.52. The summed E-state index contributed by atoms with van der Waals surface area (Å²) in [4.78, 5) is 52.3. The van der Waals surface area contributed by atoms with Crippen molar-refractivity contribution in [3.63, 3.8) is 0 Å². The van der Waals surface area contributed by atoms with Crippen molar-refractivity contribution in [1.29, 1.82) is 0 Å². The van der Waals surface area contributed by atoms with Crippen LogP contribution in [0.25, 0.3) is 10.2 Å². The Morgan fingerprint density at radius 2 is 1.75 bits per heavy atom. The number of carbonyl (C=O) groups excluding carboxylic acids is 1. The monoisotopic (exact) mass is 536 g/mol. The third kappa shape index (κ3) is 5.42. The second-order valence-electron chi connectivity index (χ2n) is 8.94. The molecule has 0 fully saturated rings. The summed E-state index contributed by atoms with van der Waals surface area (Å²) in [5, 5.41) is 9.93. The van der Waals surface area contributed by atoms with E-state index in [0.717, 1.165) is 21.5 Å². The van der Waals surface area contributed by atoms with Gasteiger partial charge in [0.15, 0.2) is 0 Å². The molecular weight excluding hydrogens is 504 g/mol. The molecule has 0 spiro atoms. The molecule has 0 bridgehead atoms. The summed E-state index contributed by atoms with van der Waals surface area (Å²) in [5.41, 5.74) is -2.23. The molecule has 3 rings (SSSR count). The number of thiophene rings is 1. The van der Waals surface area contributed by atoms with Gasteiger partial charge in [0.2, 0.25) is 0 Å². The van der Waals surface area contributed by atoms with Crippen LogP contribution in [-0.4, -0.2) is 38.9 Å². The van der Waals surface area contributed by atoms with Gasteiger partial charge in [-0.3, -0.25) is 9.36 Å². The van der Waals surface area contributed by atoms with Crippen LogP contribution in [0.1, 0.15) is 61.5 Å². The maximum Gasteiger partial charge on any atom is 0.348 e. The number of esters is 1. The number of fused-ring (bicyclic) bond motifs is 1. The van der Waals surface area contributed by atoms with Crippen LogP contribution < -0.4 is 11.2 Å². The molecule has 0 aliphatic carbocycles. The largest absolute Gasteiger partial charge is 0.480 e. The van der Waals surface area contributed by atoms with Crippen molar-refractivity contribution in [3.05, 3.63) is 67.2 Å². The van der Waals surface area contributed by atoms with E-state index in [9.17, 15) is 24.3 Å². The van der Waals surface area contributed by atoms with Gasteiger partial charge in [0.05, 0.1) is 24.6 Å². The van der Waals surface area contributed by atoms with Crippen molar-refractivity contribution in [2.75, 3.05) is 6.61 Å². The summed E-state index contributed by atoms with van der Waals surface area (Å²) in [5.74, 6) is -1.94. The minimum Gasteiger partial charge on any atom is -0.480 e. The minimum absolute atomic E-state index is 0. The Bertz CT molecular complexity index is 1370. The van der Waals surface area contributed by atoms with E-state index in [1.165, 1.54) is 18.4 Å². The van der Waals surface area contributed by atoms with E-state index in [1.54, 1.807) is 13.8 Å². The first kappa shape index (κ1) is 29.3. The molecular formula is C25H32N2O7S2. The van der Waals surface area contributed by atoms with Gasteiger partial charge in [0.25, 0.3) is 5.56 Å². The van der Waals surface area contributed by atoms with Gasteiger partial charge < -0.3 is 14.6 Å². The first-order valence-electron chi connectivity index (χ1n) is 11.3. The summed E-state index contributed by atoms with van der Waals surface area (Å²) >= 11 is 0.983. The fraction of sp³-hybridized carbons (Fsp3) is 0.440. The second kappa shape index (κ2) is 11.4. The van der Waals surface area contributed by atoms with E-state index >= 15 is 0 Å². The van der Waals surface area contributed by atoms with Gasteiger partial charge in [-0.25, -0.2) is 19.0 Å². The second-order valence-corrected chi connectivity index (χ2v) is 9.94. The lowest BCUT2D eigenvalue weighted by molar-refractivity contribution is -0.146. The quantitative estimate of drug-likeness (QED) is 0.413. The number of benzene rings is 1. The molecule has 1 aromatic carbocycles. The molecule has 1 N–H and O–H groups in total. The number of carboxylic acid groups (broad SMARTS) is 1. The van der Waals surface area contributed by atoms with Crippen LogP contribution in [0.3, 0.4) is 0 Å². The van der Waals surface area contributed by atoms with Gasteiger partial charge in [-0.2, -0.15) is 13.5 Å². The van der Waals surface area contributed by atoms with Crippen LogP contribution in [0.15, 0.2) is 39.9 Å². The molecule has 11 heteroatoms. The van der Waals surface area contributed by atoms with Gasteiger partial charge in [0, 0.05) is 0 Å². The molecule has 0 radical (unpaired) electrons. The Balaban J connectivity index is 0.00000456. The van der Waals surface area contributed by atoms with Crippen molar-refractivity contribution >= 4 is 47.0 Å². The zero-order chi connectivity index (χ0) is 26.1. The van der Waals surface area contributed by atoms with E-state index in [2.05, 4.69) is 0 Å². The molecule has 9 nitrogen and oxygen atoms in total. The van der Waals surface area contributed by atoms with Gasteiger partial charge in [-0.05, 0) is 52.7 Å². The number of rotatable bonds is 9. The van der Waals surface area contributed by atoms with Gasteiger partial charge in [0.1, 0.15) is 21.4 Å². The number of hydrogen-bond donors (Lipinski definition) is 1. The van der Waals surface area contributed by atoms with Gasteiger partial charge in [-0.1, -0.05) is 30.3 Å². The molecule has 0 aliphatic heterocycles. The predicted molar refractivity (Wildman–Crippen MR) is 144 cm³/mol. The van der Waals surface area contributed by atoms with E-state index in [4.69, 9.17) is 9.47 Å². The third-order valence-electron chi connectivity index (χ3n) is 5.71. The number of aliphatic carboxylic acids is 1. The predicted octanol–water partition coefficient (Wildman–Crippen LogP) is 3.81. The number of aryl methyl sites for hydroxylation is 1. The maximum absolute atomic E-state index is 13.7. The zero-order valence-corrected chi connectivity index (χ0v) is 23.0. The van der Waals surface area contributed by atoms with E-state index in [0.29, 0.717) is 5.56 Å². The smallest absolute Gasteiger partial charge is 0.348 e.